The van der Waals surface area contributed by atoms with E-state index in [1.807, 2.05) is 18.4 Å². The monoisotopic (exact) mass is 309 g/mol. The van der Waals surface area contributed by atoms with Crippen molar-refractivity contribution < 1.29 is 8.42 Å². The molecule has 0 saturated carbocycles. The molecule has 20 heavy (non-hydrogen) atoms. The summed E-state index contributed by atoms with van der Waals surface area (Å²) in [5.74, 6) is 0. The molecular weight excluding hydrogens is 294 g/mol. The fourth-order valence-corrected chi connectivity index (χ4v) is 5.18. The molecule has 3 heterocycles. The van der Waals surface area contributed by atoms with E-state index in [0.717, 1.165) is 12.0 Å². The van der Waals surface area contributed by atoms with Gasteiger partial charge in [0, 0.05) is 29.9 Å². The minimum absolute atomic E-state index is 0.0885. The van der Waals surface area contributed by atoms with E-state index in [0.29, 0.717) is 6.54 Å². The van der Waals surface area contributed by atoms with E-state index < -0.39 is 10.0 Å². The summed E-state index contributed by atoms with van der Waals surface area (Å²) in [4.78, 5) is 5.24. The molecule has 0 aliphatic carbocycles. The highest BCUT2D eigenvalue weighted by atomic mass is 32.2. The third-order valence-electron chi connectivity index (χ3n) is 3.62. The second kappa shape index (κ2) is 4.83. The van der Waals surface area contributed by atoms with Crippen LogP contribution in [0.1, 0.15) is 23.4 Å². The molecule has 7 heteroatoms. The van der Waals surface area contributed by atoms with Crippen molar-refractivity contribution in [3.8, 4) is 0 Å². The van der Waals surface area contributed by atoms with Crippen LogP contribution in [0.4, 0.5) is 5.69 Å². The van der Waals surface area contributed by atoms with Crippen molar-refractivity contribution in [3.63, 3.8) is 0 Å². The number of anilines is 1. The maximum absolute atomic E-state index is 12.8. The zero-order valence-electron chi connectivity index (χ0n) is 11.0. The quantitative estimate of drug-likeness (QED) is 0.921. The summed E-state index contributed by atoms with van der Waals surface area (Å²) in [6.45, 7) is 2.39. The molecule has 0 amide bonds. The minimum Gasteiger partial charge on any atom is -0.398 e. The molecule has 0 spiro atoms. The number of thiophene rings is 1. The van der Waals surface area contributed by atoms with Crippen LogP contribution in [0.25, 0.3) is 0 Å². The summed E-state index contributed by atoms with van der Waals surface area (Å²) >= 11 is 1.68. The lowest BCUT2D eigenvalue weighted by molar-refractivity contribution is 0.329. The fraction of sp³-hybridized carbons (Fsp3) is 0.308. The molecule has 0 bridgehead atoms. The zero-order valence-corrected chi connectivity index (χ0v) is 12.6. The molecule has 5 nitrogen and oxygen atoms in total. The van der Waals surface area contributed by atoms with Crippen molar-refractivity contribution in [3.05, 3.63) is 40.3 Å². The lowest BCUT2D eigenvalue weighted by Crippen LogP contribution is -2.38. The van der Waals surface area contributed by atoms with Crippen molar-refractivity contribution >= 4 is 27.0 Å². The number of sulfonamides is 1. The molecule has 0 radical (unpaired) electrons. The molecule has 2 N–H and O–H groups in total. The average Bonchev–Trinajstić information content (AvgIpc) is 2.88. The van der Waals surface area contributed by atoms with Gasteiger partial charge in [-0.15, -0.1) is 11.3 Å². The number of aromatic nitrogens is 1. The maximum atomic E-state index is 12.8. The van der Waals surface area contributed by atoms with Gasteiger partial charge in [-0.3, -0.25) is 4.98 Å². The Bertz CT molecular complexity index is 740. The first kappa shape index (κ1) is 13.5. The molecule has 106 valence electrons. The third kappa shape index (κ3) is 2.02. The predicted octanol–water partition coefficient (Wildman–Crippen LogP) is 2.03. The molecule has 0 saturated heterocycles. The van der Waals surface area contributed by atoms with Crippen molar-refractivity contribution in [2.75, 3.05) is 12.3 Å². The topological polar surface area (TPSA) is 76.3 Å². The standard InChI is InChI=1S/C13H15N3O2S2/c1-9-10-4-7-19-12(10)3-6-16(9)20(17,18)13-8-15-5-2-11(13)14/h2,4-5,7-9H,3,6H2,1H3,(H2,14,15). The van der Waals surface area contributed by atoms with E-state index in [4.69, 9.17) is 5.73 Å². The number of hydrogen-bond donors (Lipinski definition) is 1. The van der Waals surface area contributed by atoms with Crippen LogP contribution in [0.2, 0.25) is 0 Å². The first-order valence-electron chi connectivity index (χ1n) is 6.29. The van der Waals surface area contributed by atoms with E-state index in [-0.39, 0.29) is 16.6 Å². The SMILES string of the molecule is CC1c2ccsc2CCN1S(=O)(=O)c1cnccc1N. The van der Waals surface area contributed by atoms with Crippen molar-refractivity contribution in [1.29, 1.82) is 0 Å². The van der Waals surface area contributed by atoms with Crippen LogP contribution in [-0.4, -0.2) is 24.3 Å². The average molecular weight is 309 g/mol. The number of nitrogens with two attached hydrogens (primary N) is 1. The maximum Gasteiger partial charge on any atom is 0.247 e. The molecule has 0 fully saturated rings. The van der Waals surface area contributed by atoms with Crippen LogP contribution in [0.3, 0.4) is 0 Å². The number of pyridine rings is 1. The van der Waals surface area contributed by atoms with E-state index in [9.17, 15) is 8.42 Å². The summed E-state index contributed by atoms with van der Waals surface area (Å²) < 4.78 is 27.0. The van der Waals surface area contributed by atoms with Gasteiger partial charge in [0.25, 0.3) is 0 Å². The number of rotatable bonds is 2. The second-order valence-corrected chi connectivity index (χ2v) is 7.61. The minimum atomic E-state index is -3.61. The molecular formula is C13H15N3O2S2. The summed E-state index contributed by atoms with van der Waals surface area (Å²) in [5.41, 5.74) is 7.12. The van der Waals surface area contributed by atoms with Gasteiger partial charge in [0.15, 0.2) is 0 Å². The Labute approximate surface area is 122 Å². The van der Waals surface area contributed by atoms with E-state index in [1.54, 1.807) is 11.3 Å². The van der Waals surface area contributed by atoms with E-state index in [2.05, 4.69) is 4.98 Å². The van der Waals surface area contributed by atoms with Gasteiger partial charge >= 0.3 is 0 Å². The van der Waals surface area contributed by atoms with Gasteiger partial charge in [0.05, 0.1) is 5.69 Å². The van der Waals surface area contributed by atoms with Gasteiger partial charge in [0.1, 0.15) is 4.90 Å². The molecule has 1 atom stereocenters. The van der Waals surface area contributed by atoms with Gasteiger partial charge in [0.2, 0.25) is 10.0 Å². The lowest BCUT2D eigenvalue weighted by Gasteiger charge is -2.32. The van der Waals surface area contributed by atoms with Gasteiger partial charge in [-0.25, -0.2) is 8.42 Å². The molecule has 3 rings (SSSR count). The Morgan fingerprint density at radius 3 is 3.00 bits per heavy atom. The van der Waals surface area contributed by atoms with Gasteiger partial charge in [-0.05, 0) is 36.4 Å². The van der Waals surface area contributed by atoms with Crippen LogP contribution in [0.5, 0.6) is 0 Å². The molecule has 1 aliphatic heterocycles. The number of nitrogens with zero attached hydrogens (tertiary/aromatic N) is 2. The number of nitrogen functional groups attached to an aromatic ring is 1. The van der Waals surface area contributed by atoms with Crippen LogP contribution in [0, 0.1) is 0 Å². The van der Waals surface area contributed by atoms with Crippen LogP contribution in [-0.2, 0) is 16.4 Å². The largest absolute Gasteiger partial charge is 0.398 e. The highest BCUT2D eigenvalue weighted by Crippen LogP contribution is 2.36. The van der Waals surface area contributed by atoms with Crippen LogP contribution < -0.4 is 5.73 Å². The van der Waals surface area contributed by atoms with E-state index >= 15 is 0 Å². The lowest BCUT2D eigenvalue weighted by atomic mass is 10.0. The molecule has 1 aliphatic rings. The molecule has 0 aromatic carbocycles. The van der Waals surface area contributed by atoms with Gasteiger partial charge < -0.3 is 5.73 Å². The molecule has 2 aromatic rings. The second-order valence-electron chi connectivity index (χ2n) is 4.75. The Morgan fingerprint density at radius 1 is 1.45 bits per heavy atom. The van der Waals surface area contributed by atoms with Crippen LogP contribution in [0.15, 0.2) is 34.8 Å². The highest BCUT2D eigenvalue weighted by molar-refractivity contribution is 7.89. The fourth-order valence-electron chi connectivity index (χ4n) is 2.55. The highest BCUT2D eigenvalue weighted by Gasteiger charge is 2.35. The summed E-state index contributed by atoms with van der Waals surface area (Å²) in [5, 5.41) is 2.01. The van der Waals surface area contributed by atoms with Crippen molar-refractivity contribution in [1.82, 2.24) is 9.29 Å². The molecule has 1 unspecified atom stereocenters. The Balaban J connectivity index is 2.04. The zero-order chi connectivity index (χ0) is 14.3. The first-order valence-corrected chi connectivity index (χ1v) is 8.61. The smallest absolute Gasteiger partial charge is 0.247 e. The Morgan fingerprint density at radius 2 is 2.25 bits per heavy atom. The number of hydrogen-bond acceptors (Lipinski definition) is 5. The summed E-state index contributed by atoms with van der Waals surface area (Å²) in [7, 11) is -3.61. The van der Waals surface area contributed by atoms with Crippen molar-refractivity contribution in [2.45, 2.75) is 24.3 Å². The normalized spacial score (nSPS) is 19.8. The summed E-state index contributed by atoms with van der Waals surface area (Å²) in [6, 6.07) is 3.34. The third-order valence-corrected chi connectivity index (χ3v) is 6.63. The van der Waals surface area contributed by atoms with Gasteiger partial charge in [-0.1, -0.05) is 0 Å². The van der Waals surface area contributed by atoms with Crippen LogP contribution >= 0.6 is 11.3 Å². The van der Waals surface area contributed by atoms with E-state index in [1.165, 1.54) is 27.6 Å². The van der Waals surface area contributed by atoms with Crippen molar-refractivity contribution in [2.24, 2.45) is 0 Å². The first-order chi connectivity index (χ1) is 9.51. The van der Waals surface area contributed by atoms with Gasteiger partial charge in [-0.2, -0.15) is 4.31 Å². The summed E-state index contributed by atoms with van der Waals surface area (Å²) in [6.07, 6.45) is 3.56. The molecule has 2 aromatic heterocycles. The number of fused-ring (bicyclic) bond motifs is 1. The Hall–Kier alpha value is -1.44. The predicted molar refractivity (Wildman–Crippen MR) is 79.0 cm³/mol. The Kier molecular flexibility index (Phi) is 3.27.